The molecule has 0 atom stereocenters. The van der Waals surface area contributed by atoms with Gasteiger partial charge in [0, 0.05) is 86.0 Å². The van der Waals surface area contributed by atoms with Gasteiger partial charge in [-0.25, -0.2) is 9.78 Å². The maximum Gasteiger partial charge on any atom is 0.433 e. The summed E-state index contributed by atoms with van der Waals surface area (Å²) in [5.41, 5.74) is 1.30. The summed E-state index contributed by atoms with van der Waals surface area (Å²) in [5, 5.41) is 12.6. The van der Waals surface area contributed by atoms with E-state index in [1.54, 1.807) is 23.2 Å². The molecule has 0 bridgehead atoms. The normalized spacial score (nSPS) is 19.9. The van der Waals surface area contributed by atoms with E-state index in [4.69, 9.17) is 9.84 Å². The van der Waals surface area contributed by atoms with E-state index in [1.807, 2.05) is 29.2 Å². The van der Waals surface area contributed by atoms with Crippen LogP contribution in [0.1, 0.15) is 54.3 Å². The van der Waals surface area contributed by atoms with Crippen LogP contribution in [0, 0.1) is 5.92 Å². The van der Waals surface area contributed by atoms with Gasteiger partial charge in [0.15, 0.2) is 0 Å². The minimum atomic E-state index is -4.66. The van der Waals surface area contributed by atoms with E-state index in [0.29, 0.717) is 35.1 Å². The number of fused-ring (bicyclic) bond motifs is 2. The maximum atomic E-state index is 13.2. The zero-order chi connectivity index (χ0) is 38.3. The summed E-state index contributed by atoms with van der Waals surface area (Å²) < 4.78 is 47.0. The molecule has 2 N–H and O–H groups in total. The van der Waals surface area contributed by atoms with Gasteiger partial charge in [-0.3, -0.25) is 34.4 Å². The molecule has 1 aliphatic carbocycles. The Morgan fingerprint density at radius 3 is 2.47 bits per heavy atom. The van der Waals surface area contributed by atoms with E-state index in [1.165, 1.54) is 13.2 Å². The highest BCUT2D eigenvalue weighted by Crippen LogP contribution is 2.37. The van der Waals surface area contributed by atoms with Gasteiger partial charge in [-0.15, -0.1) is 0 Å². The molecule has 2 aliphatic heterocycles. The molecule has 2 aromatic carbocycles. The number of nitrogens with zero attached hydrogens (tertiary/aromatic N) is 7. The number of amides is 4. The molecule has 2 saturated heterocycles. The molecule has 55 heavy (non-hydrogen) atoms. The third-order valence-electron chi connectivity index (χ3n) is 10.9. The smallest absolute Gasteiger partial charge is 0.433 e. The average molecular weight is 756 g/mol. The fourth-order valence-corrected chi connectivity index (χ4v) is 8.01. The first-order chi connectivity index (χ1) is 26.5. The number of methoxy groups -OCH3 is 1. The zero-order valence-corrected chi connectivity index (χ0v) is 30.2. The lowest BCUT2D eigenvalue weighted by Gasteiger charge is -2.39. The van der Waals surface area contributed by atoms with Crippen LogP contribution in [0.15, 0.2) is 67.1 Å². The summed E-state index contributed by atoms with van der Waals surface area (Å²) in [7, 11) is 1.46. The molecule has 5 aromatic rings. The van der Waals surface area contributed by atoms with Gasteiger partial charge < -0.3 is 15.0 Å². The predicted molar refractivity (Wildman–Crippen MR) is 200 cm³/mol. The summed E-state index contributed by atoms with van der Waals surface area (Å²) in [6.07, 6.45) is 5.18. The summed E-state index contributed by atoms with van der Waals surface area (Å²) in [6.45, 7) is 4.98. The number of anilines is 3. The SMILES string of the molecule is COc1cc2nn([C@H]3CC[C@H](CN4CCN(c5cccc6c(N7CCC(=O)NC7=O)cncc56)CC4)CC3)cc2cc1NC(=O)c1cccc(C(F)(F)F)n1. The number of nitrogens with one attached hydrogen (secondary N) is 2. The summed E-state index contributed by atoms with van der Waals surface area (Å²) in [5.74, 6) is -0.128. The molecule has 1 saturated carbocycles. The molecule has 3 aromatic heterocycles. The van der Waals surface area contributed by atoms with Crippen molar-refractivity contribution in [3.8, 4) is 5.75 Å². The quantitative estimate of drug-likeness (QED) is 0.188. The highest BCUT2D eigenvalue weighted by atomic mass is 19.4. The van der Waals surface area contributed by atoms with Gasteiger partial charge >= 0.3 is 12.2 Å². The number of rotatable bonds is 8. The Kier molecular flexibility index (Phi) is 9.75. The molecule has 0 unspecified atom stereocenters. The lowest BCUT2D eigenvalue weighted by atomic mass is 9.85. The fraction of sp³-hybridized carbons (Fsp3) is 0.385. The Labute approximate surface area is 314 Å². The Morgan fingerprint density at radius 1 is 0.945 bits per heavy atom. The third kappa shape index (κ3) is 7.50. The number of carbonyl (C=O) groups is 3. The number of hydrogen-bond acceptors (Lipinski definition) is 9. The van der Waals surface area contributed by atoms with Crippen molar-refractivity contribution in [2.75, 3.05) is 61.5 Å². The number of imide groups is 1. The minimum absolute atomic E-state index is 0.222. The second-order valence-electron chi connectivity index (χ2n) is 14.3. The van der Waals surface area contributed by atoms with Crippen LogP contribution in [0.2, 0.25) is 0 Å². The monoisotopic (exact) mass is 755 g/mol. The van der Waals surface area contributed by atoms with E-state index in [2.05, 4.69) is 36.5 Å². The van der Waals surface area contributed by atoms with Crippen molar-refractivity contribution in [2.24, 2.45) is 5.92 Å². The number of piperazine rings is 1. The molecule has 8 rings (SSSR count). The lowest BCUT2D eigenvalue weighted by Crippen LogP contribution is -2.49. The van der Waals surface area contributed by atoms with Gasteiger partial charge in [-0.1, -0.05) is 18.2 Å². The van der Waals surface area contributed by atoms with Crippen LogP contribution in [-0.2, 0) is 11.0 Å². The molecule has 3 aliphatic rings. The molecule has 0 radical (unpaired) electrons. The first-order valence-corrected chi connectivity index (χ1v) is 18.4. The van der Waals surface area contributed by atoms with Crippen LogP contribution in [0.3, 0.4) is 0 Å². The zero-order valence-electron chi connectivity index (χ0n) is 30.2. The maximum absolute atomic E-state index is 13.2. The topological polar surface area (TPSA) is 138 Å². The van der Waals surface area contributed by atoms with Gasteiger partial charge in [0.1, 0.15) is 17.1 Å². The Bertz CT molecular complexity index is 2260. The second kappa shape index (κ2) is 14.8. The van der Waals surface area contributed by atoms with Crippen LogP contribution in [0.4, 0.5) is 35.0 Å². The van der Waals surface area contributed by atoms with Crippen molar-refractivity contribution in [2.45, 2.75) is 44.3 Å². The number of alkyl halides is 3. The molecular weight excluding hydrogens is 715 g/mol. The molecule has 286 valence electrons. The highest BCUT2D eigenvalue weighted by Gasteiger charge is 2.33. The van der Waals surface area contributed by atoms with Crippen LogP contribution in [-0.4, -0.2) is 88.9 Å². The molecule has 4 amide bonds. The Balaban J connectivity index is 0.867. The Hall–Kier alpha value is -5.77. The number of carbonyl (C=O) groups excluding carboxylic acids is 3. The molecule has 5 heterocycles. The summed E-state index contributed by atoms with van der Waals surface area (Å²) in [6, 6.07) is 12.6. The van der Waals surface area contributed by atoms with Gasteiger partial charge in [0.25, 0.3) is 5.91 Å². The fourth-order valence-electron chi connectivity index (χ4n) is 8.01. The predicted octanol–water partition coefficient (Wildman–Crippen LogP) is 6.26. The number of aromatic nitrogens is 4. The first-order valence-electron chi connectivity index (χ1n) is 18.4. The number of ether oxygens (including phenoxy) is 1. The van der Waals surface area contributed by atoms with Gasteiger partial charge in [0.05, 0.1) is 36.2 Å². The van der Waals surface area contributed by atoms with Crippen molar-refractivity contribution in [1.82, 2.24) is 30.0 Å². The van der Waals surface area contributed by atoms with E-state index in [0.717, 1.165) is 92.4 Å². The van der Waals surface area contributed by atoms with Gasteiger partial charge in [0.2, 0.25) is 5.91 Å². The van der Waals surface area contributed by atoms with Crippen molar-refractivity contribution in [3.63, 3.8) is 0 Å². The summed E-state index contributed by atoms with van der Waals surface area (Å²) in [4.78, 5) is 51.7. The van der Waals surface area contributed by atoms with Gasteiger partial charge in [-0.2, -0.15) is 18.3 Å². The van der Waals surface area contributed by atoms with E-state index >= 15 is 0 Å². The number of urea groups is 1. The van der Waals surface area contributed by atoms with Crippen LogP contribution in [0.25, 0.3) is 21.7 Å². The van der Waals surface area contributed by atoms with Crippen LogP contribution >= 0.6 is 0 Å². The van der Waals surface area contributed by atoms with Gasteiger partial charge in [-0.05, 0) is 55.9 Å². The number of hydrogen-bond donors (Lipinski definition) is 2. The van der Waals surface area contributed by atoms with Crippen molar-refractivity contribution in [1.29, 1.82) is 0 Å². The minimum Gasteiger partial charge on any atom is -0.494 e. The van der Waals surface area contributed by atoms with Crippen molar-refractivity contribution < 1.29 is 32.3 Å². The van der Waals surface area contributed by atoms with Crippen LogP contribution < -0.4 is 25.2 Å². The molecule has 16 heteroatoms. The van der Waals surface area contributed by atoms with E-state index in [-0.39, 0.29) is 24.1 Å². The molecule has 13 nitrogen and oxygen atoms in total. The number of pyridine rings is 2. The number of benzene rings is 2. The molecule has 0 spiro atoms. The third-order valence-corrected chi connectivity index (χ3v) is 10.9. The van der Waals surface area contributed by atoms with Crippen LogP contribution in [0.5, 0.6) is 5.75 Å². The summed E-state index contributed by atoms with van der Waals surface area (Å²) >= 11 is 0. The molecule has 3 fully saturated rings. The van der Waals surface area contributed by atoms with Crippen molar-refractivity contribution >= 4 is 56.6 Å². The standard InChI is InChI=1S/C39H40F3N9O4/c1-55-34-19-30-25(18-31(34)45-37(53)29-5-3-7-35(44-29)39(40,41)42)23-51(47-30)26-10-8-24(9-11-26)22-48-14-16-49(17-15-48)32-6-2-4-27-28(32)20-43-21-33(27)50-13-12-36(52)46-38(50)54/h2-7,18-21,23-24,26H,8-17,22H2,1H3,(H,45,53)(H,46,52,54)/t24-,26-. The Morgan fingerprint density at radius 2 is 1.73 bits per heavy atom. The average Bonchev–Trinajstić information content (AvgIpc) is 3.60. The first kappa shape index (κ1) is 36.2. The van der Waals surface area contributed by atoms with E-state index in [9.17, 15) is 27.6 Å². The van der Waals surface area contributed by atoms with Crippen molar-refractivity contribution in [3.05, 3.63) is 78.5 Å². The number of halogens is 3. The molecular formula is C39H40F3N9O4. The highest BCUT2D eigenvalue weighted by molar-refractivity contribution is 6.11. The second-order valence-corrected chi connectivity index (χ2v) is 14.3. The largest absolute Gasteiger partial charge is 0.494 e. The lowest BCUT2D eigenvalue weighted by molar-refractivity contribution is -0.141. The van der Waals surface area contributed by atoms with E-state index < -0.39 is 23.8 Å².